The molecule has 2 rings (SSSR count). The second-order valence-electron chi connectivity index (χ2n) is 5.18. The fourth-order valence-electron chi connectivity index (χ4n) is 2.17. The molecule has 5 nitrogen and oxygen atoms in total. The highest BCUT2D eigenvalue weighted by Crippen LogP contribution is 2.26. The summed E-state index contributed by atoms with van der Waals surface area (Å²) in [6.45, 7) is 3.70. The van der Waals surface area contributed by atoms with Crippen LogP contribution in [0.1, 0.15) is 22.8 Å². The van der Waals surface area contributed by atoms with E-state index in [0.717, 1.165) is 0 Å². The van der Waals surface area contributed by atoms with E-state index in [1.54, 1.807) is 32.0 Å². The first kappa shape index (κ1) is 19.7. The molecule has 2 N–H and O–H groups in total. The van der Waals surface area contributed by atoms with Crippen LogP contribution in [0.15, 0.2) is 47.4 Å². The monoisotopic (exact) mass is 380 g/mol. The van der Waals surface area contributed by atoms with Crippen LogP contribution in [0.25, 0.3) is 0 Å². The van der Waals surface area contributed by atoms with Crippen molar-refractivity contribution in [2.24, 2.45) is 0 Å². The van der Waals surface area contributed by atoms with Gasteiger partial charge < -0.3 is 10.1 Å². The van der Waals surface area contributed by atoms with E-state index < -0.39 is 11.9 Å². The minimum absolute atomic E-state index is 0.251. The molecule has 0 spiro atoms. The number of amides is 2. The Balaban J connectivity index is 2.10. The number of ether oxygens (including phenoxy) is 1. The highest BCUT2D eigenvalue weighted by atomic mass is 32.2. The fourth-order valence-corrected chi connectivity index (χ4v) is 2.66. The SMILES string of the molecule is CCOC(=O)Nc1cccc(NC(=O)c2ccc(SC(F)F)cc2)c1C. The summed E-state index contributed by atoms with van der Waals surface area (Å²) in [4.78, 5) is 24.3. The molecule has 0 bridgehead atoms. The number of thioether (sulfide) groups is 1. The Hall–Kier alpha value is -2.61. The lowest BCUT2D eigenvalue weighted by atomic mass is 10.1. The second kappa shape index (κ2) is 9.19. The van der Waals surface area contributed by atoms with Gasteiger partial charge in [-0.3, -0.25) is 10.1 Å². The molecule has 0 atom stereocenters. The van der Waals surface area contributed by atoms with Crippen molar-refractivity contribution in [3.8, 4) is 0 Å². The molecule has 0 radical (unpaired) electrons. The quantitative estimate of drug-likeness (QED) is 0.682. The summed E-state index contributed by atoms with van der Waals surface area (Å²) in [7, 11) is 0. The zero-order chi connectivity index (χ0) is 19.1. The molecular formula is C18H18F2N2O3S. The maximum absolute atomic E-state index is 12.4. The number of hydrogen-bond donors (Lipinski definition) is 2. The predicted octanol–water partition coefficient (Wildman–Crippen LogP) is 5.13. The van der Waals surface area contributed by atoms with Gasteiger partial charge in [0.2, 0.25) is 0 Å². The minimum Gasteiger partial charge on any atom is -0.450 e. The van der Waals surface area contributed by atoms with Gasteiger partial charge in [-0.1, -0.05) is 17.8 Å². The highest BCUT2D eigenvalue weighted by Gasteiger charge is 2.12. The Morgan fingerprint density at radius 2 is 1.69 bits per heavy atom. The summed E-state index contributed by atoms with van der Waals surface area (Å²) in [6, 6.07) is 11.0. The summed E-state index contributed by atoms with van der Waals surface area (Å²) in [5, 5.41) is 5.35. The minimum atomic E-state index is -2.51. The van der Waals surface area contributed by atoms with Gasteiger partial charge in [0.05, 0.1) is 6.61 Å². The van der Waals surface area contributed by atoms with Gasteiger partial charge in [0, 0.05) is 21.8 Å². The van der Waals surface area contributed by atoms with Crippen LogP contribution in [0.3, 0.4) is 0 Å². The van der Waals surface area contributed by atoms with Gasteiger partial charge in [0.1, 0.15) is 0 Å². The summed E-state index contributed by atoms with van der Waals surface area (Å²) < 4.78 is 29.5. The highest BCUT2D eigenvalue weighted by molar-refractivity contribution is 7.99. The molecule has 138 valence electrons. The van der Waals surface area contributed by atoms with Crippen molar-refractivity contribution in [3.63, 3.8) is 0 Å². The number of alkyl halides is 2. The standard InChI is InChI=1S/C18H18F2N2O3S/c1-3-25-18(24)22-15-6-4-5-14(11(15)2)21-16(23)12-7-9-13(10-8-12)26-17(19)20/h4-10,17H,3H2,1-2H3,(H,21,23)(H,22,24). The molecule has 8 heteroatoms. The van der Waals surface area contributed by atoms with Crippen LogP contribution in [-0.4, -0.2) is 24.4 Å². The van der Waals surface area contributed by atoms with E-state index in [0.29, 0.717) is 39.2 Å². The number of carbonyl (C=O) groups is 2. The van der Waals surface area contributed by atoms with Crippen LogP contribution in [0.2, 0.25) is 0 Å². The van der Waals surface area contributed by atoms with Crippen LogP contribution in [-0.2, 0) is 4.74 Å². The van der Waals surface area contributed by atoms with Gasteiger partial charge in [-0.2, -0.15) is 8.78 Å². The van der Waals surface area contributed by atoms with Gasteiger partial charge in [-0.15, -0.1) is 0 Å². The van der Waals surface area contributed by atoms with Gasteiger partial charge >= 0.3 is 6.09 Å². The average molecular weight is 380 g/mol. The lowest BCUT2D eigenvalue weighted by Gasteiger charge is -2.13. The zero-order valence-corrected chi connectivity index (χ0v) is 15.0. The van der Waals surface area contributed by atoms with E-state index in [9.17, 15) is 18.4 Å². The molecule has 0 heterocycles. The molecule has 0 aromatic heterocycles. The Bertz CT molecular complexity index is 783. The van der Waals surface area contributed by atoms with Crippen LogP contribution >= 0.6 is 11.8 Å². The van der Waals surface area contributed by atoms with E-state index >= 15 is 0 Å². The first-order valence-electron chi connectivity index (χ1n) is 7.80. The maximum atomic E-state index is 12.4. The van der Waals surface area contributed by atoms with Gasteiger partial charge in [0.25, 0.3) is 11.7 Å². The van der Waals surface area contributed by atoms with Crippen molar-refractivity contribution >= 4 is 35.1 Å². The predicted molar refractivity (Wildman–Crippen MR) is 98.1 cm³/mol. The van der Waals surface area contributed by atoms with E-state index in [1.807, 2.05) is 0 Å². The molecule has 0 saturated carbocycles. The fraction of sp³-hybridized carbons (Fsp3) is 0.222. The molecule has 26 heavy (non-hydrogen) atoms. The second-order valence-corrected chi connectivity index (χ2v) is 6.24. The molecule has 0 aliphatic rings. The van der Waals surface area contributed by atoms with Gasteiger partial charge in [0.15, 0.2) is 0 Å². The van der Waals surface area contributed by atoms with Gasteiger partial charge in [-0.05, 0) is 55.8 Å². The molecule has 0 fully saturated rings. The number of halogens is 2. The Kier molecular flexibility index (Phi) is 6.97. The van der Waals surface area contributed by atoms with Gasteiger partial charge in [-0.25, -0.2) is 4.79 Å². The summed E-state index contributed by atoms with van der Waals surface area (Å²) in [5.74, 6) is -2.89. The normalized spacial score (nSPS) is 10.5. The first-order chi connectivity index (χ1) is 12.4. The number of hydrogen-bond acceptors (Lipinski definition) is 4. The van der Waals surface area contributed by atoms with Crippen LogP contribution < -0.4 is 10.6 Å². The third-order valence-electron chi connectivity index (χ3n) is 3.44. The van der Waals surface area contributed by atoms with Crippen molar-refractivity contribution in [3.05, 3.63) is 53.6 Å². The number of benzene rings is 2. The molecule has 0 unspecified atom stereocenters. The number of nitrogens with one attached hydrogen (secondary N) is 2. The Morgan fingerprint density at radius 1 is 1.08 bits per heavy atom. The van der Waals surface area contributed by atoms with Crippen LogP contribution in [0.4, 0.5) is 25.0 Å². The van der Waals surface area contributed by atoms with E-state index in [1.165, 1.54) is 24.3 Å². The Morgan fingerprint density at radius 3 is 2.27 bits per heavy atom. The lowest BCUT2D eigenvalue weighted by molar-refractivity contribution is 0.102. The molecular weight excluding hydrogens is 362 g/mol. The van der Waals surface area contributed by atoms with Crippen molar-refractivity contribution < 1.29 is 23.1 Å². The summed E-state index contributed by atoms with van der Waals surface area (Å²) in [6.07, 6.45) is -0.578. The van der Waals surface area contributed by atoms with Crippen LogP contribution in [0.5, 0.6) is 0 Å². The van der Waals surface area contributed by atoms with Crippen LogP contribution in [0, 0.1) is 6.92 Å². The lowest BCUT2D eigenvalue weighted by Crippen LogP contribution is -2.16. The number of carbonyl (C=O) groups excluding carboxylic acids is 2. The molecule has 0 saturated heterocycles. The summed E-state index contributed by atoms with van der Waals surface area (Å²) in [5.41, 5.74) is 2.05. The molecule has 2 aromatic rings. The molecule has 0 aliphatic heterocycles. The Labute approximate surface area is 154 Å². The van der Waals surface area contributed by atoms with E-state index in [-0.39, 0.29) is 12.5 Å². The van der Waals surface area contributed by atoms with Crippen molar-refractivity contribution in [1.29, 1.82) is 0 Å². The molecule has 2 aromatic carbocycles. The van der Waals surface area contributed by atoms with Crippen molar-refractivity contribution in [2.75, 3.05) is 17.2 Å². The van der Waals surface area contributed by atoms with Crippen molar-refractivity contribution in [1.82, 2.24) is 0 Å². The van der Waals surface area contributed by atoms with E-state index in [4.69, 9.17) is 4.74 Å². The first-order valence-corrected chi connectivity index (χ1v) is 8.68. The number of rotatable bonds is 6. The maximum Gasteiger partial charge on any atom is 0.411 e. The zero-order valence-electron chi connectivity index (χ0n) is 14.2. The third kappa shape index (κ3) is 5.45. The molecule has 0 aliphatic carbocycles. The summed E-state index contributed by atoms with van der Waals surface area (Å²) >= 11 is 0.420. The average Bonchev–Trinajstić information content (AvgIpc) is 2.58. The smallest absolute Gasteiger partial charge is 0.411 e. The van der Waals surface area contributed by atoms with Crippen molar-refractivity contribution in [2.45, 2.75) is 24.5 Å². The topological polar surface area (TPSA) is 67.4 Å². The largest absolute Gasteiger partial charge is 0.450 e. The third-order valence-corrected chi connectivity index (χ3v) is 4.16. The molecule has 2 amide bonds. The van der Waals surface area contributed by atoms with E-state index in [2.05, 4.69) is 10.6 Å². The number of anilines is 2.